The lowest BCUT2D eigenvalue weighted by Gasteiger charge is -2.12. The van der Waals surface area contributed by atoms with Crippen LogP contribution in [0.1, 0.15) is 15.9 Å². The standard InChI is InChI=1S/C32H39N7O5/c1-41-27-13-11-24(12-14-27)15-16-34-30-37-31(39-32(38-30)36-26-9-6-10-28(23-26)42-2)35-18-20-44-22-21-43-19-17-33-29(40)25-7-4-3-5-8-25/h3-14,23H,15-22H2,1-2H3,(H,33,40)(H3,34,35,36,37,38,39). The van der Waals surface area contributed by atoms with Crippen LogP contribution in [0, 0.1) is 0 Å². The van der Waals surface area contributed by atoms with Crippen molar-refractivity contribution in [3.8, 4) is 11.5 Å². The smallest absolute Gasteiger partial charge is 0.251 e. The predicted molar refractivity (Wildman–Crippen MR) is 170 cm³/mol. The van der Waals surface area contributed by atoms with Gasteiger partial charge >= 0.3 is 0 Å². The Labute approximate surface area is 257 Å². The molecule has 0 atom stereocenters. The third-order valence-electron chi connectivity index (χ3n) is 6.29. The minimum absolute atomic E-state index is 0.118. The second-order valence-corrected chi connectivity index (χ2v) is 9.46. The molecule has 1 aromatic heterocycles. The number of hydrogen-bond donors (Lipinski definition) is 4. The van der Waals surface area contributed by atoms with Crippen molar-refractivity contribution in [2.24, 2.45) is 0 Å². The van der Waals surface area contributed by atoms with Gasteiger partial charge in [-0.25, -0.2) is 0 Å². The number of ether oxygens (including phenoxy) is 4. The Balaban J connectivity index is 1.21. The first-order valence-corrected chi connectivity index (χ1v) is 14.4. The first-order valence-electron chi connectivity index (χ1n) is 14.4. The SMILES string of the molecule is COc1ccc(CCNc2nc(NCCOCCOCCNC(=O)c3ccccc3)nc(Nc3cccc(OC)c3)n2)cc1. The fourth-order valence-corrected chi connectivity index (χ4v) is 4.02. The minimum atomic E-state index is -0.118. The molecule has 0 spiro atoms. The zero-order valence-electron chi connectivity index (χ0n) is 25.0. The number of anilines is 4. The Bertz CT molecular complexity index is 1420. The molecule has 0 unspecified atom stereocenters. The molecule has 4 aromatic rings. The summed E-state index contributed by atoms with van der Waals surface area (Å²) in [5.41, 5.74) is 2.58. The second kappa shape index (κ2) is 17.9. The molecule has 0 fully saturated rings. The highest BCUT2D eigenvalue weighted by Crippen LogP contribution is 2.21. The summed E-state index contributed by atoms with van der Waals surface area (Å²) in [6.07, 6.45) is 0.784. The highest BCUT2D eigenvalue weighted by molar-refractivity contribution is 5.94. The quantitative estimate of drug-likeness (QED) is 0.115. The number of hydrogen-bond acceptors (Lipinski definition) is 11. The molecule has 0 bridgehead atoms. The molecule has 12 heteroatoms. The van der Waals surface area contributed by atoms with Gasteiger partial charge in [-0.1, -0.05) is 36.4 Å². The highest BCUT2D eigenvalue weighted by Gasteiger charge is 2.08. The maximum absolute atomic E-state index is 12.0. The average Bonchev–Trinajstić information content (AvgIpc) is 3.06. The van der Waals surface area contributed by atoms with Gasteiger partial charge in [0.25, 0.3) is 5.91 Å². The third kappa shape index (κ3) is 11.0. The molecule has 4 rings (SSSR count). The predicted octanol–water partition coefficient (Wildman–Crippen LogP) is 4.16. The summed E-state index contributed by atoms with van der Waals surface area (Å²) in [4.78, 5) is 25.6. The largest absolute Gasteiger partial charge is 0.497 e. The summed E-state index contributed by atoms with van der Waals surface area (Å²) >= 11 is 0. The number of aromatic nitrogens is 3. The van der Waals surface area contributed by atoms with Crippen LogP contribution < -0.4 is 30.7 Å². The van der Waals surface area contributed by atoms with Crippen LogP contribution in [0.25, 0.3) is 0 Å². The Hall–Kier alpha value is -4.94. The van der Waals surface area contributed by atoms with Crippen molar-refractivity contribution >= 4 is 29.4 Å². The average molecular weight is 602 g/mol. The Morgan fingerprint density at radius 2 is 1.32 bits per heavy atom. The van der Waals surface area contributed by atoms with Crippen molar-refractivity contribution in [1.82, 2.24) is 20.3 Å². The molecule has 3 aromatic carbocycles. The van der Waals surface area contributed by atoms with Gasteiger partial charge in [-0.2, -0.15) is 15.0 Å². The van der Waals surface area contributed by atoms with Crippen molar-refractivity contribution in [1.29, 1.82) is 0 Å². The van der Waals surface area contributed by atoms with Gasteiger partial charge in [-0.3, -0.25) is 4.79 Å². The van der Waals surface area contributed by atoms with Gasteiger partial charge in [0, 0.05) is 37.0 Å². The maximum atomic E-state index is 12.0. The Kier molecular flexibility index (Phi) is 13.0. The Morgan fingerprint density at radius 1 is 0.659 bits per heavy atom. The van der Waals surface area contributed by atoms with E-state index in [9.17, 15) is 4.79 Å². The summed E-state index contributed by atoms with van der Waals surface area (Å²) in [5.74, 6) is 2.66. The van der Waals surface area contributed by atoms with Crippen LogP contribution in [0.15, 0.2) is 78.9 Å². The van der Waals surface area contributed by atoms with E-state index in [1.54, 1.807) is 26.4 Å². The van der Waals surface area contributed by atoms with Gasteiger partial charge in [0.2, 0.25) is 17.8 Å². The molecule has 12 nitrogen and oxygen atoms in total. The highest BCUT2D eigenvalue weighted by atomic mass is 16.5. The van der Waals surface area contributed by atoms with Crippen LogP contribution in [0.2, 0.25) is 0 Å². The van der Waals surface area contributed by atoms with E-state index in [1.807, 2.05) is 66.7 Å². The van der Waals surface area contributed by atoms with E-state index in [0.29, 0.717) is 69.5 Å². The summed E-state index contributed by atoms with van der Waals surface area (Å²) in [7, 11) is 3.27. The van der Waals surface area contributed by atoms with Gasteiger partial charge < -0.3 is 40.2 Å². The van der Waals surface area contributed by atoms with E-state index < -0.39 is 0 Å². The molecular formula is C32H39N7O5. The van der Waals surface area contributed by atoms with E-state index >= 15 is 0 Å². The molecule has 1 amide bonds. The fourth-order valence-electron chi connectivity index (χ4n) is 4.02. The normalized spacial score (nSPS) is 10.6. The summed E-state index contributed by atoms with van der Waals surface area (Å²) in [5, 5.41) is 12.5. The molecule has 44 heavy (non-hydrogen) atoms. The molecule has 0 radical (unpaired) electrons. The first-order chi connectivity index (χ1) is 21.6. The molecule has 4 N–H and O–H groups in total. The van der Waals surface area contributed by atoms with E-state index in [0.717, 1.165) is 23.6 Å². The number of rotatable bonds is 19. The van der Waals surface area contributed by atoms with Crippen LogP contribution >= 0.6 is 0 Å². The molecule has 1 heterocycles. The molecule has 0 aliphatic heterocycles. The lowest BCUT2D eigenvalue weighted by Crippen LogP contribution is -2.27. The van der Waals surface area contributed by atoms with Gasteiger partial charge in [0.05, 0.1) is 40.6 Å². The van der Waals surface area contributed by atoms with Crippen molar-refractivity contribution in [2.45, 2.75) is 6.42 Å². The number of carbonyl (C=O) groups is 1. The number of benzene rings is 3. The summed E-state index contributed by atoms with van der Waals surface area (Å²) < 4.78 is 21.8. The van der Waals surface area contributed by atoms with E-state index in [4.69, 9.17) is 18.9 Å². The fraction of sp³-hybridized carbons (Fsp3) is 0.312. The Morgan fingerprint density at radius 3 is 2.02 bits per heavy atom. The van der Waals surface area contributed by atoms with Crippen LogP contribution in [-0.2, 0) is 15.9 Å². The van der Waals surface area contributed by atoms with Gasteiger partial charge in [-0.15, -0.1) is 0 Å². The zero-order chi connectivity index (χ0) is 30.8. The summed E-state index contributed by atoms with van der Waals surface area (Å²) in [6, 6.07) is 24.6. The molecule has 0 saturated carbocycles. The topological polar surface area (TPSA) is 141 Å². The number of nitrogens with zero attached hydrogens (tertiary/aromatic N) is 3. The van der Waals surface area contributed by atoms with Crippen LogP contribution in [0.4, 0.5) is 23.5 Å². The number of amides is 1. The van der Waals surface area contributed by atoms with Crippen LogP contribution in [-0.4, -0.2) is 81.1 Å². The van der Waals surface area contributed by atoms with E-state index in [-0.39, 0.29) is 5.91 Å². The zero-order valence-corrected chi connectivity index (χ0v) is 25.0. The minimum Gasteiger partial charge on any atom is -0.497 e. The number of methoxy groups -OCH3 is 2. The molecule has 232 valence electrons. The summed E-state index contributed by atoms with van der Waals surface area (Å²) in [6.45, 7) is 3.23. The van der Waals surface area contributed by atoms with Crippen LogP contribution in [0.3, 0.4) is 0 Å². The van der Waals surface area contributed by atoms with Crippen molar-refractivity contribution < 1.29 is 23.7 Å². The second-order valence-electron chi connectivity index (χ2n) is 9.46. The van der Waals surface area contributed by atoms with E-state index in [1.165, 1.54) is 5.56 Å². The molecule has 0 aliphatic carbocycles. The van der Waals surface area contributed by atoms with Crippen molar-refractivity contribution in [2.75, 3.05) is 76.2 Å². The van der Waals surface area contributed by atoms with Gasteiger partial charge in [-0.05, 0) is 48.4 Å². The van der Waals surface area contributed by atoms with Gasteiger partial charge in [0.15, 0.2) is 0 Å². The lowest BCUT2D eigenvalue weighted by molar-refractivity contribution is 0.0519. The number of nitrogens with one attached hydrogen (secondary N) is 4. The first kappa shape index (κ1) is 32.0. The molecule has 0 saturated heterocycles. The van der Waals surface area contributed by atoms with Gasteiger partial charge in [0.1, 0.15) is 11.5 Å². The van der Waals surface area contributed by atoms with Crippen molar-refractivity contribution in [3.05, 3.63) is 90.0 Å². The number of carbonyl (C=O) groups excluding carboxylic acids is 1. The van der Waals surface area contributed by atoms with E-state index in [2.05, 4.69) is 36.2 Å². The third-order valence-corrected chi connectivity index (χ3v) is 6.29. The lowest BCUT2D eigenvalue weighted by atomic mass is 10.1. The van der Waals surface area contributed by atoms with Crippen molar-refractivity contribution in [3.63, 3.8) is 0 Å². The maximum Gasteiger partial charge on any atom is 0.251 e. The van der Waals surface area contributed by atoms with Crippen LogP contribution in [0.5, 0.6) is 11.5 Å². The molecular weight excluding hydrogens is 562 g/mol. The molecule has 0 aliphatic rings. The monoisotopic (exact) mass is 601 g/mol.